The lowest BCUT2D eigenvalue weighted by atomic mass is 9.83. The van der Waals surface area contributed by atoms with Gasteiger partial charge in [0.05, 0.1) is 35.1 Å². The third-order valence-corrected chi connectivity index (χ3v) is 4.13. The van der Waals surface area contributed by atoms with Gasteiger partial charge in [0.2, 0.25) is 5.91 Å². The van der Waals surface area contributed by atoms with E-state index in [9.17, 15) is 4.79 Å². The highest BCUT2D eigenvalue weighted by Crippen LogP contribution is 2.36. The normalized spacial score (nSPS) is 23.4. The Balaban J connectivity index is 1.90. The standard InChI is InChI=1S/C13H17BN2O3/c1-12(2)13(3,4)19-14(18-12)10-5-8-6-11(17)16-9(8)7-15-10/h5,7H,6H2,1-4H3,(H,16,17). The van der Waals surface area contributed by atoms with Crippen LogP contribution in [0.3, 0.4) is 0 Å². The minimum Gasteiger partial charge on any atom is -0.398 e. The van der Waals surface area contributed by atoms with E-state index in [1.807, 2.05) is 33.8 Å². The highest BCUT2D eigenvalue weighted by atomic mass is 16.7. The van der Waals surface area contributed by atoms with E-state index in [-0.39, 0.29) is 17.1 Å². The van der Waals surface area contributed by atoms with Crippen molar-refractivity contribution in [2.24, 2.45) is 0 Å². The van der Waals surface area contributed by atoms with Crippen molar-refractivity contribution < 1.29 is 14.1 Å². The predicted molar refractivity (Wildman–Crippen MR) is 72.3 cm³/mol. The first-order chi connectivity index (χ1) is 8.78. The molecule has 0 saturated carbocycles. The Morgan fingerprint density at radius 2 is 1.89 bits per heavy atom. The van der Waals surface area contributed by atoms with E-state index < -0.39 is 7.12 Å². The van der Waals surface area contributed by atoms with Gasteiger partial charge in [0, 0.05) is 0 Å². The Labute approximate surface area is 112 Å². The summed E-state index contributed by atoms with van der Waals surface area (Å²) in [5.74, 6) is 0.00266. The summed E-state index contributed by atoms with van der Waals surface area (Å²) in [5, 5.41) is 2.76. The van der Waals surface area contributed by atoms with Crippen LogP contribution in [0.25, 0.3) is 0 Å². The number of carbonyl (C=O) groups is 1. The van der Waals surface area contributed by atoms with Gasteiger partial charge in [-0.2, -0.15) is 0 Å². The SMILES string of the molecule is CC1(C)OB(c2cc3c(cn2)NC(=O)C3)OC1(C)C. The van der Waals surface area contributed by atoms with Gasteiger partial charge in [-0.3, -0.25) is 9.78 Å². The Morgan fingerprint density at radius 3 is 2.53 bits per heavy atom. The highest BCUT2D eigenvalue weighted by molar-refractivity contribution is 6.61. The number of pyridine rings is 1. The second-order valence-corrected chi connectivity index (χ2v) is 6.08. The third-order valence-electron chi connectivity index (χ3n) is 4.13. The summed E-state index contributed by atoms with van der Waals surface area (Å²) >= 11 is 0. The summed E-state index contributed by atoms with van der Waals surface area (Å²) in [7, 11) is -0.481. The quantitative estimate of drug-likeness (QED) is 0.761. The first-order valence-electron chi connectivity index (χ1n) is 6.43. The number of amides is 1. The Kier molecular flexibility index (Phi) is 2.53. The highest BCUT2D eigenvalue weighted by Gasteiger charge is 2.52. The predicted octanol–water partition coefficient (Wildman–Crippen LogP) is 0.875. The molecular formula is C13H17BN2O3. The van der Waals surface area contributed by atoms with Crippen molar-refractivity contribution in [2.75, 3.05) is 5.32 Å². The second-order valence-electron chi connectivity index (χ2n) is 6.08. The van der Waals surface area contributed by atoms with Gasteiger partial charge >= 0.3 is 7.12 Å². The summed E-state index contributed by atoms with van der Waals surface area (Å²) in [6, 6.07) is 1.88. The van der Waals surface area contributed by atoms with Crippen molar-refractivity contribution in [3.8, 4) is 0 Å². The summed E-state index contributed by atoms with van der Waals surface area (Å²) in [6.45, 7) is 8.02. The van der Waals surface area contributed by atoms with Gasteiger partial charge in [-0.25, -0.2) is 0 Å². The summed E-state index contributed by atoms with van der Waals surface area (Å²) < 4.78 is 11.9. The topological polar surface area (TPSA) is 60.5 Å². The lowest BCUT2D eigenvalue weighted by Gasteiger charge is -2.32. The molecule has 6 heteroatoms. The number of nitrogens with zero attached hydrogens (tertiary/aromatic N) is 1. The maximum Gasteiger partial charge on any atom is 0.514 e. The van der Waals surface area contributed by atoms with Crippen LogP contribution in [0.4, 0.5) is 5.69 Å². The number of hydrogen-bond donors (Lipinski definition) is 1. The smallest absolute Gasteiger partial charge is 0.398 e. The average molecular weight is 260 g/mol. The van der Waals surface area contributed by atoms with E-state index >= 15 is 0 Å². The number of nitrogens with one attached hydrogen (secondary N) is 1. The van der Waals surface area contributed by atoms with Crippen LogP contribution in [0, 0.1) is 0 Å². The molecule has 19 heavy (non-hydrogen) atoms. The van der Waals surface area contributed by atoms with Crippen LogP contribution < -0.4 is 10.9 Å². The number of fused-ring (bicyclic) bond motifs is 1. The molecule has 2 aliphatic heterocycles. The lowest BCUT2D eigenvalue weighted by Crippen LogP contribution is -2.41. The zero-order valence-electron chi connectivity index (χ0n) is 11.6. The Morgan fingerprint density at radius 1 is 1.26 bits per heavy atom. The van der Waals surface area contributed by atoms with E-state index in [2.05, 4.69) is 10.3 Å². The molecule has 0 bridgehead atoms. The van der Waals surface area contributed by atoms with Gasteiger partial charge in [-0.15, -0.1) is 0 Å². The minimum absolute atomic E-state index is 0.00266. The first-order valence-corrected chi connectivity index (χ1v) is 6.43. The fourth-order valence-electron chi connectivity index (χ4n) is 2.23. The van der Waals surface area contributed by atoms with Gasteiger partial charge < -0.3 is 14.6 Å². The van der Waals surface area contributed by atoms with Gasteiger partial charge in [-0.05, 0) is 39.3 Å². The zero-order chi connectivity index (χ0) is 13.8. The summed E-state index contributed by atoms with van der Waals surface area (Å²) in [6.07, 6.45) is 2.06. The molecule has 1 fully saturated rings. The van der Waals surface area contributed by atoms with Crippen LogP contribution in [0.2, 0.25) is 0 Å². The largest absolute Gasteiger partial charge is 0.514 e. The van der Waals surface area contributed by atoms with E-state index in [0.717, 1.165) is 11.3 Å². The van der Waals surface area contributed by atoms with Gasteiger partial charge in [0.1, 0.15) is 0 Å². The van der Waals surface area contributed by atoms with Gasteiger partial charge in [-0.1, -0.05) is 0 Å². The van der Waals surface area contributed by atoms with Crippen molar-refractivity contribution >= 4 is 24.3 Å². The minimum atomic E-state index is -0.481. The van der Waals surface area contributed by atoms with Crippen LogP contribution in [0.1, 0.15) is 33.3 Å². The van der Waals surface area contributed by atoms with Crippen molar-refractivity contribution in [2.45, 2.75) is 45.3 Å². The summed E-state index contributed by atoms with van der Waals surface area (Å²) in [5.41, 5.74) is 1.68. The molecule has 5 nitrogen and oxygen atoms in total. The van der Waals surface area contributed by atoms with Crippen molar-refractivity contribution in [1.82, 2.24) is 4.98 Å². The zero-order valence-corrected chi connectivity index (χ0v) is 11.6. The fourth-order valence-corrected chi connectivity index (χ4v) is 2.23. The van der Waals surface area contributed by atoms with Crippen molar-refractivity contribution in [3.05, 3.63) is 17.8 Å². The second kappa shape index (κ2) is 3.80. The molecule has 100 valence electrons. The molecule has 1 aromatic heterocycles. The summed E-state index contributed by atoms with van der Waals surface area (Å²) in [4.78, 5) is 15.7. The van der Waals surface area contributed by atoms with Crippen LogP contribution in [-0.4, -0.2) is 29.2 Å². The molecule has 0 spiro atoms. The molecule has 1 aromatic rings. The molecule has 3 rings (SSSR count). The molecule has 0 unspecified atom stereocenters. The monoisotopic (exact) mass is 260 g/mol. The van der Waals surface area contributed by atoms with Crippen LogP contribution >= 0.6 is 0 Å². The number of carbonyl (C=O) groups excluding carboxylic acids is 1. The molecule has 3 heterocycles. The van der Waals surface area contributed by atoms with E-state index in [1.54, 1.807) is 6.20 Å². The molecule has 0 radical (unpaired) electrons. The molecule has 1 amide bonds. The Hall–Kier alpha value is -1.40. The Bertz CT molecular complexity index is 541. The fraction of sp³-hybridized carbons (Fsp3) is 0.538. The molecule has 1 saturated heterocycles. The lowest BCUT2D eigenvalue weighted by molar-refractivity contribution is -0.115. The molecule has 0 aliphatic carbocycles. The van der Waals surface area contributed by atoms with Crippen LogP contribution in [0.15, 0.2) is 12.3 Å². The van der Waals surface area contributed by atoms with E-state index in [4.69, 9.17) is 9.31 Å². The number of rotatable bonds is 1. The first kappa shape index (κ1) is 12.6. The maximum atomic E-state index is 11.3. The molecule has 0 atom stereocenters. The number of hydrogen-bond acceptors (Lipinski definition) is 4. The maximum absolute atomic E-state index is 11.3. The van der Waals surface area contributed by atoms with E-state index in [1.165, 1.54) is 0 Å². The number of anilines is 1. The average Bonchev–Trinajstić information content (AvgIpc) is 2.74. The van der Waals surface area contributed by atoms with Crippen LogP contribution in [0.5, 0.6) is 0 Å². The van der Waals surface area contributed by atoms with E-state index in [0.29, 0.717) is 12.0 Å². The van der Waals surface area contributed by atoms with Crippen molar-refractivity contribution in [1.29, 1.82) is 0 Å². The molecule has 2 aliphatic rings. The van der Waals surface area contributed by atoms with Gasteiger partial charge in [0.15, 0.2) is 0 Å². The molecule has 0 aromatic carbocycles. The molecular weight excluding hydrogens is 243 g/mol. The third kappa shape index (κ3) is 1.95. The molecule has 1 N–H and O–H groups in total. The van der Waals surface area contributed by atoms with Gasteiger partial charge in [0.25, 0.3) is 0 Å². The van der Waals surface area contributed by atoms with Crippen LogP contribution in [-0.2, 0) is 20.5 Å². The van der Waals surface area contributed by atoms with Crippen molar-refractivity contribution in [3.63, 3.8) is 0 Å². The number of aromatic nitrogens is 1.